The van der Waals surface area contributed by atoms with Gasteiger partial charge < -0.3 is 10.6 Å². The van der Waals surface area contributed by atoms with Crippen molar-refractivity contribution in [3.05, 3.63) is 89.0 Å². The van der Waals surface area contributed by atoms with Crippen LogP contribution in [0.2, 0.25) is 0 Å². The van der Waals surface area contributed by atoms with E-state index in [0.29, 0.717) is 5.69 Å². The van der Waals surface area contributed by atoms with Crippen LogP contribution in [0.25, 0.3) is 0 Å². The van der Waals surface area contributed by atoms with Crippen molar-refractivity contribution in [2.24, 2.45) is 0 Å². The number of aromatic nitrogens is 1. The average molecular weight is 377 g/mol. The number of hydrogen-bond donors (Lipinski definition) is 2. The van der Waals surface area contributed by atoms with Crippen molar-refractivity contribution in [1.29, 1.82) is 0 Å². The van der Waals surface area contributed by atoms with Crippen molar-refractivity contribution in [3.63, 3.8) is 0 Å². The summed E-state index contributed by atoms with van der Waals surface area (Å²) in [4.78, 5) is 29.1. The molecular weight excluding hydrogens is 357 g/mol. The highest BCUT2D eigenvalue weighted by Crippen LogP contribution is 2.22. The Morgan fingerprint density at radius 1 is 1.00 bits per heavy atom. The van der Waals surface area contributed by atoms with Crippen LogP contribution in [0, 0.1) is 12.7 Å². The van der Waals surface area contributed by atoms with Crippen LogP contribution >= 0.6 is 0 Å². The fourth-order valence-electron chi connectivity index (χ4n) is 2.85. The molecule has 0 spiro atoms. The van der Waals surface area contributed by atoms with Gasteiger partial charge in [-0.25, -0.2) is 4.39 Å². The molecule has 0 bridgehead atoms. The van der Waals surface area contributed by atoms with E-state index in [1.165, 1.54) is 36.5 Å². The average Bonchev–Trinajstić information content (AvgIpc) is 2.69. The van der Waals surface area contributed by atoms with Gasteiger partial charge in [-0.3, -0.25) is 14.6 Å². The minimum atomic E-state index is -0.452. The lowest BCUT2D eigenvalue weighted by Gasteiger charge is -2.13. The molecule has 28 heavy (non-hydrogen) atoms. The number of carbonyl (C=O) groups excluding carboxylic acids is 2. The molecule has 5 nitrogen and oxygen atoms in total. The Bertz CT molecular complexity index is 1030. The Labute approximate surface area is 162 Å². The Balaban J connectivity index is 1.79. The normalized spacial score (nSPS) is 10.4. The van der Waals surface area contributed by atoms with Crippen molar-refractivity contribution < 1.29 is 14.0 Å². The van der Waals surface area contributed by atoms with Crippen LogP contribution in [0.3, 0.4) is 0 Å². The largest absolute Gasteiger partial charge is 0.322 e. The van der Waals surface area contributed by atoms with Crippen molar-refractivity contribution in [3.8, 4) is 0 Å². The molecule has 1 heterocycles. The summed E-state index contributed by atoms with van der Waals surface area (Å²) in [5.74, 6) is -1.30. The van der Waals surface area contributed by atoms with Crippen LogP contribution < -0.4 is 10.6 Å². The first kappa shape index (κ1) is 19.2. The molecule has 1 aromatic heterocycles. The minimum absolute atomic E-state index is 0.122. The molecule has 0 saturated carbocycles. The maximum absolute atomic E-state index is 13.3. The fourth-order valence-corrected chi connectivity index (χ4v) is 2.85. The summed E-state index contributed by atoms with van der Waals surface area (Å²) in [5.41, 5.74) is 3.44. The number of hydrogen-bond acceptors (Lipinski definition) is 3. The predicted molar refractivity (Wildman–Crippen MR) is 107 cm³/mol. The lowest BCUT2D eigenvalue weighted by molar-refractivity contribution is 0.102. The highest BCUT2D eigenvalue weighted by atomic mass is 19.1. The molecule has 0 radical (unpaired) electrons. The number of rotatable bonds is 5. The van der Waals surface area contributed by atoms with Gasteiger partial charge in [0.1, 0.15) is 11.5 Å². The number of nitrogens with one attached hydrogen (secondary N) is 2. The first-order valence-corrected chi connectivity index (χ1v) is 8.90. The summed E-state index contributed by atoms with van der Waals surface area (Å²) in [5, 5.41) is 5.49. The van der Waals surface area contributed by atoms with Crippen LogP contribution in [0.5, 0.6) is 0 Å². The molecule has 0 aliphatic heterocycles. The van der Waals surface area contributed by atoms with Crippen LogP contribution in [-0.2, 0) is 6.42 Å². The summed E-state index contributed by atoms with van der Waals surface area (Å²) in [6.45, 7) is 3.94. The SMILES string of the molecule is CCc1cccc(C)c1NC(=O)c1cc(C(=O)Nc2cccc(F)c2)ccn1. The van der Waals surface area contributed by atoms with E-state index < -0.39 is 17.6 Å². The third-order valence-electron chi connectivity index (χ3n) is 4.32. The number of halogens is 1. The number of amides is 2. The van der Waals surface area contributed by atoms with Gasteiger partial charge in [0.15, 0.2) is 0 Å². The van der Waals surface area contributed by atoms with Crippen molar-refractivity contribution in [2.75, 3.05) is 10.6 Å². The minimum Gasteiger partial charge on any atom is -0.322 e. The standard InChI is InChI=1S/C22H20FN3O2/c1-3-15-7-4-6-14(2)20(15)26-22(28)19-12-16(10-11-24-19)21(27)25-18-9-5-8-17(23)13-18/h4-13H,3H2,1-2H3,(H,25,27)(H,26,28). The topological polar surface area (TPSA) is 71.1 Å². The molecular formula is C22H20FN3O2. The molecule has 6 heteroatoms. The second-order valence-corrected chi connectivity index (χ2v) is 6.31. The van der Waals surface area contributed by atoms with Crippen LogP contribution in [-0.4, -0.2) is 16.8 Å². The third kappa shape index (κ3) is 4.40. The smallest absolute Gasteiger partial charge is 0.274 e. The molecule has 2 amide bonds. The summed E-state index contributed by atoms with van der Waals surface area (Å²) >= 11 is 0. The molecule has 0 aliphatic carbocycles. The van der Waals surface area contributed by atoms with Gasteiger partial charge in [-0.05, 0) is 54.8 Å². The Hall–Kier alpha value is -3.54. The monoisotopic (exact) mass is 377 g/mol. The van der Waals surface area contributed by atoms with Gasteiger partial charge in [-0.15, -0.1) is 0 Å². The van der Waals surface area contributed by atoms with Crippen LogP contribution in [0.4, 0.5) is 15.8 Å². The maximum atomic E-state index is 13.3. The molecule has 2 aromatic carbocycles. The third-order valence-corrected chi connectivity index (χ3v) is 4.32. The molecule has 0 aliphatic rings. The summed E-state index contributed by atoms with van der Waals surface area (Å²) < 4.78 is 13.3. The molecule has 0 unspecified atom stereocenters. The Morgan fingerprint density at radius 3 is 2.54 bits per heavy atom. The predicted octanol–water partition coefficient (Wildman–Crippen LogP) is 4.60. The second-order valence-electron chi connectivity index (χ2n) is 6.31. The van der Waals surface area contributed by atoms with Gasteiger partial charge in [0, 0.05) is 23.1 Å². The van der Waals surface area contributed by atoms with Gasteiger partial charge in [0.2, 0.25) is 0 Å². The lowest BCUT2D eigenvalue weighted by atomic mass is 10.1. The van der Waals surface area contributed by atoms with E-state index in [1.54, 1.807) is 6.07 Å². The molecule has 2 N–H and O–H groups in total. The second kappa shape index (κ2) is 8.43. The van der Waals surface area contributed by atoms with E-state index >= 15 is 0 Å². The number of nitrogens with zero attached hydrogens (tertiary/aromatic N) is 1. The van der Waals surface area contributed by atoms with E-state index in [1.807, 2.05) is 32.0 Å². The van der Waals surface area contributed by atoms with Gasteiger partial charge in [-0.2, -0.15) is 0 Å². The zero-order chi connectivity index (χ0) is 20.1. The van der Waals surface area contributed by atoms with Crippen molar-refractivity contribution in [2.45, 2.75) is 20.3 Å². The van der Waals surface area contributed by atoms with Crippen molar-refractivity contribution in [1.82, 2.24) is 4.98 Å². The number of pyridine rings is 1. The maximum Gasteiger partial charge on any atom is 0.274 e. The molecule has 0 saturated heterocycles. The van der Waals surface area contributed by atoms with E-state index in [2.05, 4.69) is 15.6 Å². The van der Waals surface area contributed by atoms with Gasteiger partial charge in [0.25, 0.3) is 11.8 Å². The summed E-state index contributed by atoms with van der Waals surface area (Å²) in [6, 6.07) is 14.3. The summed E-state index contributed by atoms with van der Waals surface area (Å²) in [7, 11) is 0. The zero-order valence-electron chi connectivity index (χ0n) is 15.6. The number of aryl methyl sites for hydroxylation is 2. The Morgan fingerprint density at radius 2 is 1.79 bits per heavy atom. The quantitative estimate of drug-likeness (QED) is 0.683. The lowest BCUT2D eigenvalue weighted by Crippen LogP contribution is -2.18. The Kier molecular flexibility index (Phi) is 5.79. The number of anilines is 2. The number of para-hydroxylation sites is 1. The molecule has 3 aromatic rings. The molecule has 0 atom stereocenters. The highest BCUT2D eigenvalue weighted by molar-refractivity contribution is 6.08. The molecule has 3 rings (SSSR count). The first-order chi connectivity index (χ1) is 13.5. The van der Waals surface area contributed by atoms with E-state index in [-0.39, 0.29) is 11.3 Å². The van der Waals surface area contributed by atoms with Crippen molar-refractivity contribution >= 4 is 23.2 Å². The van der Waals surface area contributed by atoms with Crippen LogP contribution in [0.1, 0.15) is 38.9 Å². The first-order valence-electron chi connectivity index (χ1n) is 8.90. The van der Waals surface area contributed by atoms with E-state index in [0.717, 1.165) is 23.2 Å². The van der Waals surface area contributed by atoms with E-state index in [4.69, 9.17) is 0 Å². The van der Waals surface area contributed by atoms with Crippen LogP contribution in [0.15, 0.2) is 60.8 Å². The van der Waals surface area contributed by atoms with Gasteiger partial charge >= 0.3 is 0 Å². The summed E-state index contributed by atoms with van der Waals surface area (Å²) in [6.07, 6.45) is 2.18. The molecule has 0 fully saturated rings. The molecule has 142 valence electrons. The van der Waals surface area contributed by atoms with Gasteiger partial charge in [0.05, 0.1) is 0 Å². The highest BCUT2D eigenvalue weighted by Gasteiger charge is 2.15. The number of benzene rings is 2. The fraction of sp³-hybridized carbons (Fsp3) is 0.136. The zero-order valence-corrected chi connectivity index (χ0v) is 15.6. The number of carbonyl (C=O) groups is 2. The van der Waals surface area contributed by atoms with Gasteiger partial charge in [-0.1, -0.05) is 31.2 Å². The van der Waals surface area contributed by atoms with E-state index in [9.17, 15) is 14.0 Å².